The van der Waals surface area contributed by atoms with Crippen molar-refractivity contribution in [1.29, 1.82) is 0 Å². The van der Waals surface area contributed by atoms with Crippen LogP contribution < -0.4 is 0 Å². The standard InChI is InChI=1S/C18H18ClNO2/c1-22-18(21)15-5-4-14-3-2-12(9-16(14)11-15)8-13-6-7-20-17(19)10-13/h4-7,10-12H,2-3,8-9H2,1H3. The second kappa shape index (κ2) is 6.49. The van der Waals surface area contributed by atoms with E-state index < -0.39 is 0 Å². The highest BCUT2D eigenvalue weighted by Gasteiger charge is 2.20. The van der Waals surface area contributed by atoms with E-state index in [2.05, 4.69) is 11.1 Å². The number of esters is 1. The van der Waals surface area contributed by atoms with Crippen LogP contribution in [0.1, 0.15) is 33.5 Å². The summed E-state index contributed by atoms with van der Waals surface area (Å²) in [6.45, 7) is 0. The average molecular weight is 316 g/mol. The van der Waals surface area contributed by atoms with Gasteiger partial charge >= 0.3 is 5.97 Å². The maximum absolute atomic E-state index is 11.7. The summed E-state index contributed by atoms with van der Waals surface area (Å²) in [6, 6.07) is 9.84. The maximum Gasteiger partial charge on any atom is 0.337 e. The Labute approximate surface area is 135 Å². The van der Waals surface area contributed by atoms with Gasteiger partial charge in [-0.1, -0.05) is 17.7 Å². The molecule has 3 rings (SSSR count). The number of carbonyl (C=O) groups is 1. The second-order valence-corrected chi connectivity index (χ2v) is 6.16. The molecule has 0 amide bonds. The molecule has 22 heavy (non-hydrogen) atoms. The van der Waals surface area contributed by atoms with Gasteiger partial charge in [0, 0.05) is 6.20 Å². The van der Waals surface area contributed by atoms with E-state index in [4.69, 9.17) is 16.3 Å². The van der Waals surface area contributed by atoms with Crippen molar-refractivity contribution in [3.63, 3.8) is 0 Å². The van der Waals surface area contributed by atoms with Gasteiger partial charge in [0.15, 0.2) is 0 Å². The van der Waals surface area contributed by atoms with Gasteiger partial charge in [-0.05, 0) is 72.6 Å². The Morgan fingerprint density at radius 2 is 2.18 bits per heavy atom. The Morgan fingerprint density at radius 1 is 1.32 bits per heavy atom. The first-order valence-corrected chi connectivity index (χ1v) is 7.84. The minimum atomic E-state index is -0.272. The summed E-state index contributed by atoms with van der Waals surface area (Å²) in [6.07, 6.45) is 5.94. The number of hydrogen-bond donors (Lipinski definition) is 0. The number of halogens is 1. The number of pyridine rings is 1. The van der Waals surface area contributed by atoms with Crippen LogP contribution >= 0.6 is 11.6 Å². The molecular formula is C18H18ClNO2. The number of methoxy groups -OCH3 is 1. The van der Waals surface area contributed by atoms with E-state index >= 15 is 0 Å². The Kier molecular flexibility index (Phi) is 4.44. The van der Waals surface area contributed by atoms with E-state index in [1.165, 1.54) is 23.8 Å². The van der Waals surface area contributed by atoms with Gasteiger partial charge in [0.1, 0.15) is 5.15 Å². The van der Waals surface area contributed by atoms with Crippen LogP contribution in [0.3, 0.4) is 0 Å². The molecule has 1 atom stereocenters. The van der Waals surface area contributed by atoms with Crippen molar-refractivity contribution in [2.75, 3.05) is 7.11 Å². The minimum absolute atomic E-state index is 0.272. The molecule has 3 nitrogen and oxygen atoms in total. The second-order valence-electron chi connectivity index (χ2n) is 5.77. The van der Waals surface area contributed by atoms with Crippen LogP contribution in [0.25, 0.3) is 0 Å². The SMILES string of the molecule is COC(=O)c1ccc2c(c1)CC(Cc1ccnc(Cl)c1)CC2. The van der Waals surface area contributed by atoms with Crippen LogP contribution in [0, 0.1) is 5.92 Å². The lowest BCUT2D eigenvalue weighted by atomic mass is 9.80. The molecule has 114 valence electrons. The van der Waals surface area contributed by atoms with Crippen LogP contribution in [-0.2, 0) is 24.0 Å². The summed E-state index contributed by atoms with van der Waals surface area (Å²) in [5.74, 6) is 0.296. The zero-order valence-electron chi connectivity index (χ0n) is 12.5. The first kappa shape index (κ1) is 15.0. The molecule has 1 aliphatic carbocycles. The molecule has 0 saturated heterocycles. The number of benzene rings is 1. The van der Waals surface area contributed by atoms with Gasteiger partial charge < -0.3 is 4.74 Å². The van der Waals surface area contributed by atoms with Gasteiger partial charge in [-0.3, -0.25) is 0 Å². The van der Waals surface area contributed by atoms with E-state index in [0.29, 0.717) is 16.6 Å². The molecule has 0 N–H and O–H groups in total. The molecule has 0 fully saturated rings. The van der Waals surface area contributed by atoms with Gasteiger partial charge in [0.25, 0.3) is 0 Å². The van der Waals surface area contributed by atoms with Crippen molar-refractivity contribution < 1.29 is 9.53 Å². The van der Waals surface area contributed by atoms with Crippen molar-refractivity contribution >= 4 is 17.6 Å². The fourth-order valence-corrected chi connectivity index (χ4v) is 3.35. The maximum atomic E-state index is 11.7. The lowest BCUT2D eigenvalue weighted by Gasteiger charge is -2.25. The highest BCUT2D eigenvalue weighted by atomic mass is 35.5. The summed E-state index contributed by atoms with van der Waals surface area (Å²) in [5.41, 5.74) is 4.46. The number of ether oxygens (including phenoxy) is 1. The van der Waals surface area contributed by atoms with Crippen LogP contribution in [0.5, 0.6) is 0 Å². The summed E-state index contributed by atoms with van der Waals surface area (Å²) in [4.78, 5) is 15.7. The molecule has 4 heteroatoms. The minimum Gasteiger partial charge on any atom is -0.465 e. The number of carbonyl (C=O) groups excluding carboxylic acids is 1. The predicted octanol–water partition coefficient (Wildman–Crippen LogP) is 3.87. The lowest BCUT2D eigenvalue weighted by Crippen LogP contribution is -2.17. The normalized spacial score (nSPS) is 16.9. The van der Waals surface area contributed by atoms with Gasteiger partial charge in [-0.15, -0.1) is 0 Å². The number of fused-ring (bicyclic) bond motifs is 1. The zero-order chi connectivity index (χ0) is 15.5. The monoisotopic (exact) mass is 315 g/mol. The Balaban J connectivity index is 1.76. The third-order valence-corrected chi connectivity index (χ3v) is 4.48. The number of nitrogens with zero attached hydrogens (tertiary/aromatic N) is 1. The number of rotatable bonds is 3. The third-order valence-electron chi connectivity index (χ3n) is 4.27. The van der Waals surface area contributed by atoms with E-state index in [9.17, 15) is 4.79 Å². The summed E-state index contributed by atoms with van der Waals surface area (Å²) in [5, 5.41) is 0.543. The predicted molar refractivity (Wildman–Crippen MR) is 86.2 cm³/mol. The first-order chi connectivity index (χ1) is 10.7. The van der Waals surface area contributed by atoms with Gasteiger partial charge in [0.2, 0.25) is 0 Å². The molecule has 0 saturated carbocycles. The van der Waals surface area contributed by atoms with E-state index in [-0.39, 0.29) is 5.97 Å². The topological polar surface area (TPSA) is 39.2 Å². The quantitative estimate of drug-likeness (QED) is 0.637. The summed E-state index contributed by atoms with van der Waals surface area (Å²) >= 11 is 5.95. The van der Waals surface area contributed by atoms with Crippen molar-refractivity contribution in [3.05, 3.63) is 63.9 Å². The molecule has 1 unspecified atom stereocenters. The van der Waals surface area contributed by atoms with E-state index in [1.807, 2.05) is 24.3 Å². The number of hydrogen-bond acceptors (Lipinski definition) is 3. The third kappa shape index (κ3) is 3.30. The van der Waals surface area contributed by atoms with Crippen LogP contribution in [0.4, 0.5) is 0 Å². The Morgan fingerprint density at radius 3 is 2.95 bits per heavy atom. The molecule has 1 aromatic carbocycles. The number of aromatic nitrogens is 1. The van der Waals surface area contributed by atoms with E-state index in [0.717, 1.165) is 25.7 Å². The van der Waals surface area contributed by atoms with Crippen LogP contribution in [0.15, 0.2) is 36.5 Å². The van der Waals surface area contributed by atoms with Gasteiger partial charge in [-0.2, -0.15) is 0 Å². The molecule has 0 aliphatic heterocycles. The fraction of sp³-hybridized carbons (Fsp3) is 0.333. The Hall–Kier alpha value is -1.87. The molecule has 1 heterocycles. The highest BCUT2D eigenvalue weighted by molar-refractivity contribution is 6.29. The first-order valence-electron chi connectivity index (χ1n) is 7.46. The number of aryl methyl sites for hydroxylation is 1. The summed E-state index contributed by atoms with van der Waals surface area (Å²) < 4.78 is 4.80. The van der Waals surface area contributed by atoms with Gasteiger partial charge in [-0.25, -0.2) is 9.78 Å². The largest absolute Gasteiger partial charge is 0.465 e. The van der Waals surface area contributed by atoms with Crippen molar-refractivity contribution in [3.8, 4) is 0 Å². The van der Waals surface area contributed by atoms with Gasteiger partial charge in [0.05, 0.1) is 12.7 Å². The molecule has 1 aliphatic rings. The van der Waals surface area contributed by atoms with Crippen LogP contribution in [0.2, 0.25) is 5.15 Å². The summed E-state index contributed by atoms with van der Waals surface area (Å²) in [7, 11) is 1.41. The van der Waals surface area contributed by atoms with Crippen LogP contribution in [-0.4, -0.2) is 18.1 Å². The zero-order valence-corrected chi connectivity index (χ0v) is 13.3. The van der Waals surface area contributed by atoms with Crippen molar-refractivity contribution in [2.45, 2.75) is 25.7 Å². The highest BCUT2D eigenvalue weighted by Crippen LogP contribution is 2.29. The van der Waals surface area contributed by atoms with E-state index in [1.54, 1.807) is 6.20 Å². The average Bonchev–Trinajstić information content (AvgIpc) is 2.53. The van der Waals surface area contributed by atoms with Crippen molar-refractivity contribution in [1.82, 2.24) is 4.98 Å². The smallest absolute Gasteiger partial charge is 0.337 e. The Bertz CT molecular complexity index is 699. The molecule has 1 aromatic heterocycles. The molecule has 0 bridgehead atoms. The molecule has 2 aromatic rings. The molecule has 0 spiro atoms. The van der Waals surface area contributed by atoms with Crippen molar-refractivity contribution in [2.24, 2.45) is 5.92 Å². The fourth-order valence-electron chi connectivity index (χ4n) is 3.15. The lowest BCUT2D eigenvalue weighted by molar-refractivity contribution is 0.0600. The molecular weight excluding hydrogens is 298 g/mol. The molecule has 0 radical (unpaired) electrons.